The molecule has 8 heteroatoms. The summed E-state index contributed by atoms with van der Waals surface area (Å²) >= 11 is 1.45. The number of benzene rings is 2. The van der Waals surface area contributed by atoms with Crippen molar-refractivity contribution in [2.75, 3.05) is 53.0 Å². The van der Waals surface area contributed by atoms with E-state index in [0.717, 1.165) is 72.3 Å². The topological polar surface area (TPSA) is 71.4 Å². The number of thioether (sulfide) groups is 1. The number of hydrogen-bond donors (Lipinski definition) is 0. The first-order chi connectivity index (χ1) is 18.1. The normalized spacial score (nSPS) is 27.2. The zero-order chi connectivity index (χ0) is 25.4. The van der Waals surface area contributed by atoms with Crippen LogP contribution in [0.4, 0.5) is 0 Å². The van der Waals surface area contributed by atoms with Crippen molar-refractivity contribution >= 4 is 34.2 Å². The van der Waals surface area contributed by atoms with Gasteiger partial charge in [-0.15, -0.1) is 0 Å². The Morgan fingerprint density at radius 2 is 1.78 bits per heavy atom. The summed E-state index contributed by atoms with van der Waals surface area (Å²) in [6.07, 6.45) is 1.49. The second-order valence-corrected chi connectivity index (χ2v) is 11.0. The molecular weight excluding hydrogens is 486 g/mol. The lowest BCUT2D eigenvalue weighted by molar-refractivity contribution is -0.128. The van der Waals surface area contributed by atoms with Crippen LogP contribution in [-0.4, -0.2) is 79.7 Å². The van der Waals surface area contributed by atoms with E-state index < -0.39 is 0 Å². The highest BCUT2D eigenvalue weighted by Crippen LogP contribution is 2.43. The number of piperidine rings is 2. The molecule has 3 fully saturated rings. The second kappa shape index (κ2) is 10.4. The average Bonchev–Trinajstić information content (AvgIpc) is 3.33. The molecule has 0 aromatic heterocycles. The van der Waals surface area contributed by atoms with Gasteiger partial charge in [0.2, 0.25) is 0 Å². The largest absolute Gasteiger partial charge is 0.496 e. The molecule has 0 saturated carbocycles. The number of fused-ring (bicyclic) bond motifs is 2. The molecule has 2 aromatic carbocycles. The van der Waals surface area contributed by atoms with Gasteiger partial charge in [-0.05, 0) is 47.0 Å². The van der Waals surface area contributed by atoms with Gasteiger partial charge in [-0.1, -0.05) is 36.4 Å². The molecule has 0 spiro atoms. The fourth-order valence-corrected chi connectivity index (χ4v) is 6.98. The Labute approximate surface area is 221 Å². The summed E-state index contributed by atoms with van der Waals surface area (Å²) < 4.78 is 11.3. The molecule has 0 radical (unpaired) electrons. The monoisotopic (exact) mass is 517 g/mol. The Morgan fingerprint density at radius 1 is 1.00 bits per heavy atom. The summed E-state index contributed by atoms with van der Waals surface area (Å²) in [5, 5.41) is 0.747. The van der Waals surface area contributed by atoms with Gasteiger partial charge in [0.05, 0.1) is 25.2 Å². The number of morpholine rings is 1. The molecule has 2 aromatic rings. The van der Waals surface area contributed by atoms with Crippen molar-refractivity contribution in [3.63, 3.8) is 0 Å². The van der Waals surface area contributed by atoms with Crippen LogP contribution in [0.1, 0.15) is 35.4 Å². The molecule has 4 aliphatic heterocycles. The minimum Gasteiger partial charge on any atom is -0.496 e. The third-order valence-electron chi connectivity index (χ3n) is 7.77. The standard InChI is InChI=1S/C29H31N3O4S/c1-35-25-8-7-20(16-23(25)21-15-22-18-31(17-21)10-9-24(22)33)26(19-5-3-2-4-6-19)27-28(34)30-29(37-27)32-11-13-36-14-12-32/h2-8,16,21-22H,9-15,17-18H2,1H3. The van der Waals surface area contributed by atoms with E-state index in [4.69, 9.17) is 9.47 Å². The number of methoxy groups -OCH3 is 1. The lowest BCUT2D eigenvalue weighted by Crippen LogP contribution is -2.47. The first-order valence-electron chi connectivity index (χ1n) is 13.0. The summed E-state index contributed by atoms with van der Waals surface area (Å²) in [6, 6.07) is 16.3. The summed E-state index contributed by atoms with van der Waals surface area (Å²) in [7, 11) is 1.70. The van der Waals surface area contributed by atoms with Crippen LogP contribution in [-0.2, 0) is 14.3 Å². The SMILES string of the molecule is COc1ccc(C(=C2SC(N3CCOCC3)=NC2=O)c2ccccc2)cc1C1CC2CN(CCC2=O)C1. The lowest BCUT2D eigenvalue weighted by Gasteiger charge is -2.41. The van der Waals surface area contributed by atoms with Crippen LogP contribution in [0.3, 0.4) is 0 Å². The number of ether oxygens (including phenoxy) is 2. The first kappa shape index (κ1) is 24.4. The van der Waals surface area contributed by atoms with Crippen LogP contribution < -0.4 is 4.74 Å². The van der Waals surface area contributed by atoms with Crippen molar-refractivity contribution in [1.82, 2.24) is 9.80 Å². The quantitative estimate of drug-likeness (QED) is 0.572. The minimum absolute atomic E-state index is 0.0873. The molecule has 1 amide bonds. The van der Waals surface area contributed by atoms with Gasteiger partial charge in [0.1, 0.15) is 11.5 Å². The van der Waals surface area contributed by atoms with E-state index in [1.54, 1.807) is 7.11 Å². The van der Waals surface area contributed by atoms with E-state index in [-0.39, 0.29) is 17.7 Å². The zero-order valence-corrected chi connectivity index (χ0v) is 21.8. The Bertz CT molecular complexity index is 1270. The molecule has 192 valence electrons. The number of ketones is 1. The van der Waals surface area contributed by atoms with E-state index in [2.05, 4.69) is 20.9 Å². The predicted octanol–water partition coefficient (Wildman–Crippen LogP) is 3.79. The Hall–Kier alpha value is -2.94. The van der Waals surface area contributed by atoms with Crippen LogP contribution in [0.15, 0.2) is 58.4 Å². The van der Waals surface area contributed by atoms with Crippen molar-refractivity contribution in [1.29, 1.82) is 0 Å². The number of Topliss-reactive ketones (excluding diaryl/α,β-unsaturated/α-hetero) is 1. The van der Waals surface area contributed by atoms with Crippen LogP contribution in [0.25, 0.3) is 5.57 Å². The Morgan fingerprint density at radius 3 is 2.57 bits per heavy atom. The Balaban J connectivity index is 1.41. The number of nitrogens with zero attached hydrogens (tertiary/aromatic N) is 3. The maximum atomic E-state index is 13.3. The summed E-state index contributed by atoms with van der Waals surface area (Å²) in [5.41, 5.74) is 3.93. The van der Waals surface area contributed by atoms with Crippen molar-refractivity contribution in [3.8, 4) is 5.75 Å². The third-order valence-corrected chi connectivity index (χ3v) is 8.89. The van der Waals surface area contributed by atoms with Gasteiger partial charge in [0.25, 0.3) is 5.91 Å². The maximum absolute atomic E-state index is 13.3. The van der Waals surface area contributed by atoms with Gasteiger partial charge >= 0.3 is 0 Å². The van der Waals surface area contributed by atoms with Crippen molar-refractivity contribution in [2.45, 2.75) is 18.8 Å². The fourth-order valence-electron chi connectivity index (χ4n) is 5.89. The van der Waals surface area contributed by atoms with Crippen molar-refractivity contribution in [3.05, 3.63) is 70.1 Å². The highest BCUT2D eigenvalue weighted by molar-refractivity contribution is 8.18. The van der Waals surface area contributed by atoms with Crippen molar-refractivity contribution in [2.24, 2.45) is 10.9 Å². The van der Waals surface area contributed by atoms with E-state index in [1.807, 2.05) is 42.5 Å². The number of hydrogen-bond acceptors (Lipinski definition) is 7. The van der Waals surface area contributed by atoms with Gasteiger partial charge < -0.3 is 19.3 Å². The Kier molecular flexibility index (Phi) is 6.88. The third kappa shape index (κ3) is 4.85. The molecular formula is C29H31N3O4S. The molecule has 3 atom stereocenters. The summed E-state index contributed by atoms with van der Waals surface area (Å²) in [4.78, 5) is 35.5. The van der Waals surface area contributed by atoms with Gasteiger partial charge in [-0.3, -0.25) is 9.59 Å². The van der Waals surface area contributed by atoms with Crippen LogP contribution in [0.2, 0.25) is 0 Å². The minimum atomic E-state index is -0.202. The van der Waals surface area contributed by atoms with E-state index >= 15 is 0 Å². The van der Waals surface area contributed by atoms with E-state index in [0.29, 0.717) is 30.3 Å². The first-order valence-corrected chi connectivity index (χ1v) is 13.8. The van der Waals surface area contributed by atoms with E-state index in [9.17, 15) is 9.59 Å². The fraction of sp³-hybridized carbons (Fsp3) is 0.414. The van der Waals surface area contributed by atoms with Gasteiger partial charge in [0, 0.05) is 56.6 Å². The zero-order valence-electron chi connectivity index (χ0n) is 21.0. The smallest absolute Gasteiger partial charge is 0.286 e. The molecule has 2 bridgehead atoms. The number of carbonyl (C=O) groups excluding carboxylic acids is 2. The molecule has 0 N–H and O–H groups in total. The molecule has 7 nitrogen and oxygen atoms in total. The highest BCUT2D eigenvalue weighted by Gasteiger charge is 2.37. The average molecular weight is 518 g/mol. The number of amides is 1. The predicted molar refractivity (Wildman–Crippen MR) is 145 cm³/mol. The molecule has 37 heavy (non-hydrogen) atoms. The molecule has 0 aliphatic carbocycles. The van der Waals surface area contributed by atoms with E-state index in [1.165, 1.54) is 11.8 Å². The highest BCUT2D eigenvalue weighted by atomic mass is 32.2. The maximum Gasteiger partial charge on any atom is 0.286 e. The van der Waals surface area contributed by atoms with Crippen molar-refractivity contribution < 1.29 is 19.1 Å². The number of aliphatic imine (C=N–C) groups is 1. The van der Waals surface area contributed by atoms with Crippen LogP contribution in [0, 0.1) is 5.92 Å². The van der Waals surface area contributed by atoms with Gasteiger partial charge in [-0.25, -0.2) is 0 Å². The molecule has 4 heterocycles. The summed E-state index contributed by atoms with van der Waals surface area (Å²) in [6.45, 7) is 5.36. The number of carbonyl (C=O) groups is 2. The van der Waals surface area contributed by atoms with Gasteiger partial charge in [0.15, 0.2) is 5.17 Å². The molecule has 6 rings (SSSR count). The molecule has 3 unspecified atom stereocenters. The van der Waals surface area contributed by atoms with Crippen LogP contribution >= 0.6 is 11.8 Å². The lowest BCUT2D eigenvalue weighted by atomic mass is 9.78. The number of rotatable bonds is 4. The second-order valence-electron chi connectivity index (χ2n) is 10.0. The molecule has 4 aliphatic rings. The molecule has 3 saturated heterocycles. The van der Waals surface area contributed by atoms with Crippen LogP contribution in [0.5, 0.6) is 5.75 Å². The number of amidine groups is 1. The summed E-state index contributed by atoms with van der Waals surface area (Å²) in [5.74, 6) is 1.29. The van der Waals surface area contributed by atoms with Gasteiger partial charge in [-0.2, -0.15) is 4.99 Å².